The molecule has 1 N–H and O–H groups in total. The zero-order valence-electron chi connectivity index (χ0n) is 20.5. The van der Waals surface area contributed by atoms with E-state index in [0.717, 1.165) is 28.1 Å². The Labute approximate surface area is 215 Å². The van der Waals surface area contributed by atoms with E-state index in [-0.39, 0.29) is 6.04 Å². The minimum absolute atomic E-state index is 0.272. The van der Waals surface area contributed by atoms with Gasteiger partial charge in [0.05, 0.1) is 31.5 Å². The molecule has 0 saturated heterocycles. The smallest absolute Gasteiger partial charge is 0.258 e. The molecule has 2 heterocycles. The van der Waals surface area contributed by atoms with Gasteiger partial charge in [0.25, 0.3) is 5.89 Å². The molecule has 1 aliphatic rings. The third-order valence-corrected chi connectivity index (χ3v) is 6.48. The van der Waals surface area contributed by atoms with Gasteiger partial charge >= 0.3 is 0 Å². The van der Waals surface area contributed by atoms with Crippen LogP contribution in [0.25, 0.3) is 17.0 Å². The SMILES string of the molecule is COc1cc(OC)cc(N2C(=S)NC(c3ccc(C)cc3)C(c3nc(-c4ccccc4)no3)=C2C)c1. The monoisotopic (exact) mass is 498 g/mol. The summed E-state index contributed by atoms with van der Waals surface area (Å²) in [5, 5.41) is 8.31. The van der Waals surface area contributed by atoms with E-state index in [9.17, 15) is 0 Å². The molecule has 0 radical (unpaired) electrons. The molecule has 5 rings (SSSR count). The fourth-order valence-corrected chi connectivity index (χ4v) is 4.66. The van der Waals surface area contributed by atoms with Gasteiger partial charge in [-0.1, -0.05) is 65.3 Å². The quantitative estimate of drug-likeness (QED) is 0.328. The van der Waals surface area contributed by atoms with Crippen LogP contribution in [0.4, 0.5) is 5.69 Å². The van der Waals surface area contributed by atoms with Gasteiger partial charge in [0.15, 0.2) is 5.11 Å². The second-order valence-corrected chi connectivity index (χ2v) is 8.87. The Morgan fingerprint density at radius 2 is 1.58 bits per heavy atom. The normalized spacial score (nSPS) is 15.6. The zero-order chi connectivity index (χ0) is 25.2. The lowest BCUT2D eigenvalue weighted by Crippen LogP contribution is -2.46. The number of aryl methyl sites for hydroxylation is 1. The number of nitrogens with one attached hydrogen (secondary N) is 1. The van der Waals surface area contributed by atoms with Crippen LogP contribution >= 0.6 is 12.2 Å². The molecular weight excluding hydrogens is 472 g/mol. The minimum Gasteiger partial charge on any atom is -0.497 e. The fraction of sp³-hybridized carbons (Fsp3) is 0.179. The number of methoxy groups -OCH3 is 2. The van der Waals surface area contributed by atoms with E-state index in [1.54, 1.807) is 14.2 Å². The van der Waals surface area contributed by atoms with Crippen LogP contribution in [0.2, 0.25) is 0 Å². The molecule has 36 heavy (non-hydrogen) atoms. The standard InChI is InChI=1S/C28H26N4O3S/c1-17-10-12-19(13-11-17)25-24(27-30-26(31-35-27)20-8-6-5-7-9-20)18(2)32(28(36)29-25)21-14-22(33-3)16-23(15-21)34-4/h5-16,25H,1-4H3,(H,29,36). The van der Waals surface area contributed by atoms with Crippen molar-refractivity contribution in [1.82, 2.24) is 15.5 Å². The van der Waals surface area contributed by atoms with Gasteiger partial charge in [0, 0.05) is 29.5 Å². The number of nitrogens with zero attached hydrogens (tertiary/aromatic N) is 3. The van der Waals surface area contributed by atoms with Crippen LogP contribution in [-0.4, -0.2) is 29.5 Å². The Morgan fingerprint density at radius 1 is 0.917 bits per heavy atom. The highest BCUT2D eigenvalue weighted by molar-refractivity contribution is 7.80. The molecular formula is C28H26N4O3S. The largest absolute Gasteiger partial charge is 0.497 e. The summed E-state index contributed by atoms with van der Waals surface area (Å²) in [6.45, 7) is 4.06. The van der Waals surface area contributed by atoms with E-state index in [0.29, 0.717) is 28.3 Å². The van der Waals surface area contributed by atoms with E-state index in [1.165, 1.54) is 5.56 Å². The van der Waals surface area contributed by atoms with Crippen molar-refractivity contribution in [2.45, 2.75) is 19.9 Å². The molecule has 0 bridgehead atoms. The first-order chi connectivity index (χ1) is 17.5. The first-order valence-corrected chi connectivity index (χ1v) is 11.9. The highest BCUT2D eigenvalue weighted by atomic mass is 32.1. The Balaban J connectivity index is 1.67. The molecule has 1 aliphatic heterocycles. The predicted molar refractivity (Wildman–Crippen MR) is 144 cm³/mol. The molecule has 182 valence electrons. The summed E-state index contributed by atoms with van der Waals surface area (Å²) < 4.78 is 16.8. The lowest BCUT2D eigenvalue weighted by Gasteiger charge is -2.37. The topological polar surface area (TPSA) is 72.7 Å². The van der Waals surface area contributed by atoms with Gasteiger partial charge in [-0.3, -0.25) is 4.90 Å². The van der Waals surface area contributed by atoms with Crippen molar-refractivity contribution < 1.29 is 14.0 Å². The van der Waals surface area contributed by atoms with Gasteiger partial charge in [-0.05, 0) is 31.6 Å². The van der Waals surface area contributed by atoms with Crippen molar-refractivity contribution in [3.8, 4) is 22.9 Å². The molecule has 4 aromatic rings. The molecule has 0 spiro atoms. The molecule has 3 aromatic carbocycles. The second kappa shape index (κ2) is 9.83. The summed E-state index contributed by atoms with van der Waals surface area (Å²) in [6.07, 6.45) is 0. The number of benzene rings is 3. The molecule has 1 aromatic heterocycles. The van der Waals surface area contributed by atoms with Crippen molar-refractivity contribution in [2.75, 3.05) is 19.1 Å². The van der Waals surface area contributed by atoms with Gasteiger partial charge < -0.3 is 19.3 Å². The minimum atomic E-state index is -0.272. The van der Waals surface area contributed by atoms with E-state index in [1.807, 2.05) is 60.4 Å². The van der Waals surface area contributed by atoms with Crippen LogP contribution in [0, 0.1) is 6.92 Å². The molecule has 1 atom stereocenters. The first-order valence-electron chi connectivity index (χ1n) is 11.5. The summed E-state index contributed by atoms with van der Waals surface area (Å²) in [5.41, 5.74) is 5.59. The predicted octanol–water partition coefficient (Wildman–Crippen LogP) is 5.93. The number of aromatic nitrogens is 2. The summed E-state index contributed by atoms with van der Waals surface area (Å²) in [4.78, 5) is 6.71. The second-order valence-electron chi connectivity index (χ2n) is 8.49. The van der Waals surface area contributed by atoms with Crippen molar-refractivity contribution in [1.29, 1.82) is 0 Å². The van der Waals surface area contributed by atoms with Crippen molar-refractivity contribution in [2.24, 2.45) is 0 Å². The molecule has 0 saturated carbocycles. The van der Waals surface area contributed by atoms with E-state index in [2.05, 4.69) is 41.7 Å². The summed E-state index contributed by atoms with van der Waals surface area (Å²) in [6, 6.07) is 23.5. The van der Waals surface area contributed by atoms with Crippen molar-refractivity contribution in [3.05, 3.63) is 95.5 Å². The highest BCUT2D eigenvalue weighted by Gasteiger charge is 2.35. The Hall–Kier alpha value is -4.17. The fourth-order valence-electron chi connectivity index (χ4n) is 4.30. The van der Waals surface area contributed by atoms with Crippen LogP contribution in [-0.2, 0) is 0 Å². The number of anilines is 1. The Bertz CT molecular complexity index is 1410. The third kappa shape index (κ3) is 4.43. The van der Waals surface area contributed by atoms with Gasteiger partial charge in [0.1, 0.15) is 11.5 Å². The van der Waals surface area contributed by atoms with Gasteiger partial charge in [-0.25, -0.2) is 0 Å². The van der Waals surface area contributed by atoms with E-state index >= 15 is 0 Å². The van der Waals surface area contributed by atoms with E-state index in [4.69, 9.17) is 31.2 Å². The molecule has 0 amide bonds. The van der Waals surface area contributed by atoms with Crippen LogP contribution in [0.1, 0.15) is 30.0 Å². The maximum absolute atomic E-state index is 5.87. The number of allylic oxidation sites excluding steroid dienone is 1. The van der Waals surface area contributed by atoms with Crippen molar-refractivity contribution in [3.63, 3.8) is 0 Å². The maximum Gasteiger partial charge on any atom is 0.258 e. The molecule has 1 unspecified atom stereocenters. The lowest BCUT2D eigenvalue weighted by molar-refractivity contribution is 0.394. The number of hydrogen-bond acceptors (Lipinski definition) is 6. The first kappa shape index (κ1) is 23.6. The summed E-state index contributed by atoms with van der Waals surface area (Å²) in [7, 11) is 3.24. The van der Waals surface area contributed by atoms with Crippen LogP contribution in [0.15, 0.2) is 83.0 Å². The van der Waals surface area contributed by atoms with Gasteiger partial charge in [0.2, 0.25) is 5.82 Å². The summed E-state index contributed by atoms with van der Waals surface area (Å²) in [5.74, 6) is 2.26. The number of hydrogen-bond donors (Lipinski definition) is 1. The maximum atomic E-state index is 5.87. The van der Waals surface area contributed by atoms with Gasteiger partial charge in [-0.15, -0.1) is 0 Å². The van der Waals surface area contributed by atoms with Gasteiger partial charge in [-0.2, -0.15) is 4.98 Å². The molecule has 8 heteroatoms. The lowest BCUT2D eigenvalue weighted by atomic mass is 9.94. The number of rotatable bonds is 6. The Morgan fingerprint density at radius 3 is 2.22 bits per heavy atom. The highest BCUT2D eigenvalue weighted by Crippen LogP contribution is 2.40. The van der Waals surface area contributed by atoms with E-state index < -0.39 is 0 Å². The van der Waals surface area contributed by atoms with Crippen LogP contribution in [0.3, 0.4) is 0 Å². The zero-order valence-corrected chi connectivity index (χ0v) is 21.3. The molecule has 0 aliphatic carbocycles. The summed E-state index contributed by atoms with van der Waals surface area (Å²) >= 11 is 5.87. The van der Waals surface area contributed by atoms with Crippen molar-refractivity contribution >= 4 is 28.6 Å². The average molecular weight is 499 g/mol. The van der Waals surface area contributed by atoms with Crippen LogP contribution < -0.4 is 19.7 Å². The molecule has 7 nitrogen and oxygen atoms in total. The number of ether oxygens (including phenoxy) is 2. The third-order valence-electron chi connectivity index (χ3n) is 6.18. The Kier molecular flexibility index (Phi) is 6.43. The molecule has 0 fully saturated rings. The van der Waals surface area contributed by atoms with Crippen LogP contribution in [0.5, 0.6) is 11.5 Å². The average Bonchev–Trinajstić information content (AvgIpc) is 3.39. The number of thiocarbonyl (C=S) groups is 1.